The van der Waals surface area contributed by atoms with Crippen LogP contribution in [-0.4, -0.2) is 49.3 Å². The second-order valence-electron chi connectivity index (χ2n) is 4.97. The van der Waals surface area contributed by atoms with Gasteiger partial charge in [0.1, 0.15) is 5.76 Å². The number of aliphatic hydroxyl groups excluding tert-OH is 1. The number of urea groups is 1. The first-order chi connectivity index (χ1) is 9.58. The van der Waals surface area contributed by atoms with Crippen molar-refractivity contribution in [3.63, 3.8) is 0 Å². The number of nitrogens with zero attached hydrogens (tertiary/aromatic N) is 1. The second-order valence-corrected chi connectivity index (χ2v) is 4.97. The average molecular weight is 283 g/mol. The molecule has 6 nitrogen and oxygen atoms in total. The van der Waals surface area contributed by atoms with Crippen molar-refractivity contribution in [2.45, 2.75) is 31.8 Å². The van der Waals surface area contributed by atoms with Gasteiger partial charge in [0.2, 0.25) is 0 Å². The van der Waals surface area contributed by atoms with Gasteiger partial charge in [0.05, 0.1) is 12.3 Å². The fourth-order valence-corrected chi connectivity index (χ4v) is 1.98. The number of likely N-dealkylation sites (N-methyl/N-ethyl adjacent to an activating group) is 1. The van der Waals surface area contributed by atoms with Crippen LogP contribution in [0.1, 0.15) is 31.6 Å². The van der Waals surface area contributed by atoms with Crippen molar-refractivity contribution >= 4 is 6.03 Å². The maximum atomic E-state index is 11.8. The van der Waals surface area contributed by atoms with Gasteiger partial charge in [-0.15, -0.1) is 0 Å². The van der Waals surface area contributed by atoms with Crippen LogP contribution in [0.5, 0.6) is 0 Å². The van der Waals surface area contributed by atoms with Crippen molar-refractivity contribution < 1.29 is 14.3 Å². The van der Waals surface area contributed by atoms with Crippen LogP contribution in [0, 0.1) is 0 Å². The highest BCUT2D eigenvalue weighted by atomic mass is 16.3. The molecule has 0 fully saturated rings. The van der Waals surface area contributed by atoms with E-state index < -0.39 is 0 Å². The van der Waals surface area contributed by atoms with Crippen molar-refractivity contribution in [2.75, 3.05) is 27.2 Å². The summed E-state index contributed by atoms with van der Waals surface area (Å²) >= 11 is 0. The third kappa shape index (κ3) is 5.22. The summed E-state index contributed by atoms with van der Waals surface area (Å²) in [6.07, 6.45) is 2.99. The van der Waals surface area contributed by atoms with Crippen LogP contribution in [0.3, 0.4) is 0 Å². The Kier molecular flexibility index (Phi) is 7.11. The van der Waals surface area contributed by atoms with Gasteiger partial charge in [0, 0.05) is 19.2 Å². The summed E-state index contributed by atoms with van der Waals surface area (Å²) in [5, 5.41) is 14.6. The molecule has 114 valence electrons. The lowest BCUT2D eigenvalue weighted by atomic mass is 10.1. The molecule has 0 aliphatic carbocycles. The predicted molar refractivity (Wildman–Crippen MR) is 77.5 cm³/mol. The van der Waals surface area contributed by atoms with Gasteiger partial charge in [-0.2, -0.15) is 0 Å². The highest BCUT2D eigenvalue weighted by Gasteiger charge is 2.18. The topological polar surface area (TPSA) is 77.7 Å². The molecular weight excluding hydrogens is 258 g/mol. The SMILES string of the molecule is CCC(CCO)NC(=O)NCC(c1ccco1)N(C)C. The summed E-state index contributed by atoms with van der Waals surface area (Å²) in [6.45, 7) is 2.51. The Labute approximate surface area is 120 Å². The lowest BCUT2D eigenvalue weighted by Gasteiger charge is -2.23. The Balaban J connectivity index is 2.45. The molecule has 0 aromatic carbocycles. The minimum atomic E-state index is -0.219. The molecular formula is C14H25N3O3. The van der Waals surface area contributed by atoms with E-state index in [9.17, 15) is 4.79 Å². The first kappa shape index (κ1) is 16.5. The number of aliphatic hydroxyl groups is 1. The fraction of sp³-hybridized carbons (Fsp3) is 0.643. The van der Waals surface area contributed by atoms with Gasteiger partial charge in [-0.3, -0.25) is 4.90 Å². The van der Waals surface area contributed by atoms with E-state index in [0.29, 0.717) is 13.0 Å². The molecule has 2 unspecified atom stereocenters. The van der Waals surface area contributed by atoms with Crippen LogP contribution < -0.4 is 10.6 Å². The van der Waals surface area contributed by atoms with Crippen molar-refractivity contribution in [2.24, 2.45) is 0 Å². The van der Waals surface area contributed by atoms with Gasteiger partial charge in [-0.1, -0.05) is 6.92 Å². The smallest absolute Gasteiger partial charge is 0.315 e. The number of amides is 2. The van der Waals surface area contributed by atoms with Gasteiger partial charge in [0.25, 0.3) is 0 Å². The number of hydrogen-bond acceptors (Lipinski definition) is 4. The van der Waals surface area contributed by atoms with E-state index in [1.54, 1.807) is 6.26 Å². The van der Waals surface area contributed by atoms with Gasteiger partial charge in [-0.05, 0) is 39.1 Å². The number of furan rings is 1. The van der Waals surface area contributed by atoms with E-state index in [-0.39, 0.29) is 24.7 Å². The molecule has 0 aliphatic heterocycles. The summed E-state index contributed by atoms with van der Waals surface area (Å²) in [5.41, 5.74) is 0. The van der Waals surface area contributed by atoms with Crippen LogP contribution in [0.2, 0.25) is 0 Å². The zero-order chi connectivity index (χ0) is 15.0. The Bertz CT molecular complexity index is 379. The average Bonchev–Trinajstić information content (AvgIpc) is 2.91. The molecule has 0 radical (unpaired) electrons. The maximum Gasteiger partial charge on any atom is 0.315 e. The number of nitrogens with one attached hydrogen (secondary N) is 2. The van der Waals surface area contributed by atoms with E-state index in [1.807, 2.05) is 38.1 Å². The molecule has 0 bridgehead atoms. The van der Waals surface area contributed by atoms with Gasteiger partial charge in [0.15, 0.2) is 0 Å². The monoisotopic (exact) mass is 283 g/mol. The number of hydrogen-bond donors (Lipinski definition) is 3. The van der Waals surface area contributed by atoms with E-state index in [2.05, 4.69) is 10.6 Å². The molecule has 20 heavy (non-hydrogen) atoms. The molecule has 1 rings (SSSR count). The lowest BCUT2D eigenvalue weighted by Crippen LogP contribution is -2.44. The van der Waals surface area contributed by atoms with E-state index >= 15 is 0 Å². The number of carbonyl (C=O) groups is 1. The van der Waals surface area contributed by atoms with Gasteiger partial charge in [-0.25, -0.2) is 4.79 Å². The first-order valence-electron chi connectivity index (χ1n) is 6.93. The first-order valence-corrected chi connectivity index (χ1v) is 6.93. The normalized spacial score (nSPS) is 14.1. The molecule has 1 heterocycles. The van der Waals surface area contributed by atoms with E-state index in [0.717, 1.165) is 12.2 Å². The van der Waals surface area contributed by atoms with Crippen molar-refractivity contribution in [1.29, 1.82) is 0 Å². The third-order valence-electron chi connectivity index (χ3n) is 3.26. The molecule has 6 heteroatoms. The molecule has 2 atom stereocenters. The summed E-state index contributed by atoms with van der Waals surface area (Å²) in [5.74, 6) is 0.817. The van der Waals surface area contributed by atoms with Crippen molar-refractivity contribution in [3.05, 3.63) is 24.2 Å². The van der Waals surface area contributed by atoms with Crippen molar-refractivity contribution in [1.82, 2.24) is 15.5 Å². The third-order valence-corrected chi connectivity index (χ3v) is 3.26. The van der Waals surface area contributed by atoms with Gasteiger partial charge < -0.3 is 20.2 Å². The molecule has 0 aliphatic rings. The predicted octanol–water partition coefficient (Wildman–Crippen LogP) is 1.34. The van der Waals surface area contributed by atoms with Crippen LogP contribution in [0.25, 0.3) is 0 Å². The van der Waals surface area contributed by atoms with Gasteiger partial charge >= 0.3 is 6.03 Å². The molecule has 0 saturated heterocycles. The molecule has 0 spiro atoms. The fourth-order valence-electron chi connectivity index (χ4n) is 1.98. The summed E-state index contributed by atoms with van der Waals surface area (Å²) in [6, 6.07) is 3.50. The minimum absolute atomic E-state index is 0.00131. The standard InChI is InChI=1S/C14H25N3O3/c1-4-11(7-8-18)16-14(19)15-10-12(17(2)3)13-6-5-9-20-13/h5-6,9,11-12,18H,4,7-8,10H2,1-3H3,(H2,15,16,19). The summed E-state index contributed by atoms with van der Waals surface area (Å²) < 4.78 is 5.38. The molecule has 2 amide bonds. The molecule has 1 aromatic heterocycles. The highest BCUT2D eigenvalue weighted by molar-refractivity contribution is 5.74. The number of rotatable bonds is 8. The molecule has 0 saturated carbocycles. The van der Waals surface area contributed by atoms with E-state index in [4.69, 9.17) is 9.52 Å². The zero-order valence-corrected chi connectivity index (χ0v) is 12.4. The summed E-state index contributed by atoms with van der Waals surface area (Å²) in [4.78, 5) is 13.8. The zero-order valence-electron chi connectivity index (χ0n) is 12.4. The highest BCUT2D eigenvalue weighted by Crippen LogP contribution is 2.17. The lowest BCUT2D eigenvalue weighted by molar-refractivity contribution is 0.217. The number of carbonyl (C=O) groups excluding carboxylic acids is 1. The minimum Gasteiger partial charge on any atom is -0.468 e. The van der Waals surface area contributed by atoms with Crippen LogP contribution in [0.4, 0.5) is 4.79 Å². The quantitative estimate of drug-likeness (QED) is 0.673. The van der Waals surface area contributed by atoms with Crippen LogP contribution in [-0.2, 0) is 0 Å². The molecule has 1 aromatic rings. The maximum absolute atomic E-state index is 11.8. The van der Waals surface area contributed by atoms with Crippen LogP contribution >= 0.6 is 0 Å². The van der Waals surface area contributed by atoms with E-state index in [1.165, 1.54) is 0 Å². The summed E-state index contributed by atoms with van der Waals surface area (Å²) in [7, 11) is 3.88. The molecule has 3 N–H and O–H groups in total. The van der Waals surface area contributed by atoms with Crippen molar-refractivity contribution in [3.8, 4) is 0 Å². The largest absolute Gasteiger partial charge is 0.468 e. The Morgan fingerprint density at radius 3 is 2.75 bits per heavy atom. The Morgan fingerprint density at radius 2 is 2.25 bits per heavy atom. The Morgan fingerprint density at radius 1 is 1.50 bits per heavy atom. The Hall–Kier alpha value is -1.53. The second kappa shape index (κ2) is 8.60. The van der Waals surface area contributed by atoms with Crippen LogP contribution in [0.15, 0.2) is 22.8 Å².